The van der Waals surface area contributed by atoms with Crippen molar-refractivity contribution in [3.8, 4) is 0 Å². The summed E-state index contributed by atoms with van der Waals surface area (Å²) < 4.78 is 0. The van der Waals surface area contributed by atoms with E-state index in [2.05, 4.69) is 36.2 Å². The third kappa shape index (κ3) is 12.4. The predicted octanol–water partition coefficient (Wildman–Crippen LogP) is -1.58. The fourth-order valence-electron chi connectivity index (χ4n) is 6.25. The summed E-state index contributed by atoms with van der Waals surface area (Å²) in [5.74, 6) is -7.13. The van der Waals surface area contributed by atoms with Crippen LogP contribution in [0.4, 0.5) is 0 Å². The van der Waals surface area contributed by atoms with Gasteiger partial charge in [-0.3, -0.25) is 33.8 Å². The van der Waals surface area contributed by atoms with Crippen LogP contribution in [0.3, 0.4) is 0 Å². The maximum atomic E-state index is 14.3. The van der Waals surface area contributed by atoms with Crippen LogP contribution in [-0.2, 0) is 52.8 Å². The topological polar surface area (TPSA) is 299 Å². The van der Waals surface area contributed by atoms with E-state index in [1.54, 1.807) is 36.4 Å². The Labute approximate surface area is 321 Å². The second-order valence-corrected chi connectivity index (χ2v) is 13.5. The standard InChI is InChI=1S/C37H47N9O10/c1-21(47)31(45-32(50)25(38)14-22-8-3-2-4-9-22)35(53)43-27(15-23-10-7-12-39-18-23)36(54)46-13-6-5-11-29(46)34(52)42-26(17-30(48)49)33(51)44-28(37(55)56)16-24-19-40-20-41-24/h2-4,7-10,12,18-21,25-29,31,47H,5-6,11,13-17,38H2,1H3,(H,40,41)(H,42,52)(H,43,53)(H,44,51)(H,45,50)(H,48,49)(H,55,56)/t21-,25+,26+,27+,28+,29+,31+/m1/s1. The van der Waals surface area contributed by atoms with Gasteiger partial charge in [-0.05, 0) is 49.8 Å². The molecule has 3 heterocycles. The van der Waals surface area contributed by atoms with Gasteiger partial charge in [0.05, 0.1) is 24.9 Å². The number of rotatable bonds is 19. The Morgan fingerprint density at radius 1 is 0.821 bits per heavy atom. The van der Waals surface area contributed by atoms with Crippen LogP contribution in [0.15, 0.2) is 67.4 Å². The largest absolute Gasteiger partial charge is 0.481 e. The third-order valence-corrected chi connectivity index (χ3v) is 9.17. The van der Waals surface area contributed by atoms with E-state index >= 15 is 0 Å². The van der Waals surface area contributed by atoms with Crippen molar-refractivity contribution in [3.05, 3.63) is 84.2 Å². The quantitative estimate of drug-likeness (QED) is 0.0665. The Kier molecular flexibility index (Phi) is 15.5. The molecule has 19 nitrogen and oxygen atoms in total. The second kappa shape index (κ2) is 20.5. The summed E-state index contributed by atoms with van der Waals surface area (Å²) in [4.78, 5) is 104. The Morgan fingerprint density at radius 3 is 2.16 bits per heavy atom. The lowest BCUT2D eigenvalue weighted by atomic mass is 9.97. The number of hydrogen-bond donors (Lipinski definition) is 9. The van der Waals surface area contributed by atoms with Gasteiger partial charge in [0.2, 0.25) is 29.5 Å². The van der Waals surface area contributed by atoms with Gasteiger partial charge in [-0.2, -0.15) is 0 Å². The van der Waals surface area contributed by atoms with E-state index in [9.17, 15) is 48.9 Å². The minimum atomic E-state index is -1.71. The van der Waals surface area contributed by atoms with Gasteiger partial charge in [0.1, 0.15) is 30.2 Å². The molecular formula is C37H47N9O10. The molecule has 1 aliphatic rings. The number of aliphatic carboxylic acids is 2. The summed E-state index contributed by atoms with van der Waals surface area (Å²) in [7, 11) is 0. The van der Waals surface area contributed by atoms with Gasteiger partial charge in [0, 0.05) is 43.7 Å². The number of amides is 5. The van der Waals surface area contributed by atoms with Gasteiger partial charge >= 0.3 is 11.9 Å². The molecule has 1 aromatic carbocycles. The molecule has 3 aromatic rings. The molecule has 5 amide bonds. The van der Waals surface area contributed by atoms with Crippen molar-refractivity contribution in [2.75, 3.05) is 6.54 Å². The van der Waals surface area contributed by atoms with Crippen molar-refractivity contribution < 1.29 is 48.9 Å². The van der Waals surface area contributed by atoms with E-state index in [4.69, 9.17) is 5.73 Å². The highest BCUT2D eigenvalue weighted by molar-refractivity contribution is 5.97. The van der Waals surface area contributed by atoms with Gasteiger partial charge in [-0.1, -0.05) is 36.4 Å². The van der Waals surface area contributed by atoms with Crippen LogP contribution in [0, 0.1) is 0 Å². The summed E-state index contributed by atoms with van der Waals surface area (Å²) in [5.41, 5.74) is 7.81. The first-order valence-electron chi connectivity index (χ1n) is 18.0. The van der Waals surface area contributed by atoms with Crippen LogP contribution >= 0.6 is 0 Å². The maximum absolute atomic E-state index is 14.3. The number of piperidine rings is 1. The predicted molar refractivity (Wildman–Crippen MR) is 197 cm³/mol. The van der Waals surface area contributed by atoms with Gasteiger partial charge in [0.15, 0.2) is 0 Å². The van der Waals surface area contributed by atoms with Crippen LogP contribution in [0.1, 0.15) is 49.4 Å². The molecule has 0 unspecified atom stereocenters. The minimum absolute atomic E-state index is 0.0578. The number of aliphatic hydroxyl groups is 1. The first-order chi connectivity index (χ1) is 26.7. The Bertz CT molecular complexity index is 1810. The SMILES string of the molecule is C[C@@H](O)[C@H](NC(=O)[C@@H](N)Cc1ccccc1)C(=O)N[C@@H](Cc1cccnc1)C(=O)N1CCCC[C@H]1C(=O)N[C@@H](CC(=O)O)C(=O)N[C@@H](Cc1cnc[nH]1)C(=O)O. The Hall–Kier alpha value is -6.21. The van der Waals surface area contributed by atoms with Crippen LogP contribution < -0.4 is 27.0 Å². The molecule has 0 aliphatic carbocycles. The highest BCUT2D eigenvalue weighted by Gasteiger charge is 2.39. The van der Waals surface area contributed by atoms with Crippen molar-refractivity contribution >= 4 is 41.5 Å². The van der Waals surface area contributed by atoms with E-state index in [-0.39, 0.29) is 32.2 Å². The van der Waals surface area contributed by atoms with Crippen molar-refractivity contribution in [1.82, 2.24) is 41.1 Å². The number of aromatic nitrogens is 3. The average Bonchev–Trinajstić information content (AvgIpc) is 3.69. The Morgan fingerprint density at radius 2 is 1.54 bits per heavy atom. The zero-order valence-corrected chi connectivity index (χ0v) is 30.7. The number of nitrogens with two attached hydrogens (primary N) is 1. The summed E-state index contributed by atoms with van der Waals surface area (Å²) >= 11 is 0. The van der Waals surface area contributed by atoms with E-state index in [0.29, 0.717) is 24.1 Å². The number of pyridine rings is 1. The summed E-state index contributed by atoms with van der Waals surface area (Å²) in [6.45, 7) is 1.35. The van der Waals surface area contributed by atoms with E-state index in [1.165, 1.54) is 36.7 Å². The number of nitrogens with one attached hydrogen (secondary N) is 5. The van der Waals surface area contributed by atoms with Gasteiger partial charge in [-0.15, -0.1) is 0 Å². The number of aliphatic hydroxyl groups excluding tert-OH is 1. The van der Waals surface area contributed by atoms with Crippen LogP contribution in [0.2, 0.25) is 0 Å². The zero-order chi connectivity index (χ0) is 40.8. The normalized spacial score (nSPS) is 17.2. The summed E-state index contributed by atoms with van der Waals surface area (Å²) in [6.07, 6.45) is 4.30. The lowest BCUT2D eigenvalue weighted by Gasteiger charge is -2.38. The molecule has 1 fully saturated rings. The molecule has 0 saturated carbocycles. The molecule has 10 N–H and O–H groups in total. The smallest absolute Gasteiger partial charge is 0.326 e. The first kappa shape index (κ1) is 42.5. The monoisotopic (exact) mass is 777 g/mol. The lowest BCUT2D eigenvalue weighted by Crippen LogP contribution is -2.62. The van der Waals surface area contributed by atoms with E-state index in [1.807, 2.05) is 6.07 Å². The zero-order valence-electron chi connectivity index (χ0n) is 30.7. The molecule has 1 aliphatic heterocycles. The molecule has 2 aromatic heterocycles. The number of H-pyrrole nitrogens is 1. The number of imidazole rings is 1. The number of benzene rings is 1. The fraction of sp³-hybridized carbons (Fsp3) is 0.432. The number of nitrogens with zero attached hydrogens (tertiary/aromatic N) is 3. The first-order valence-corrected chi connectivity index (χ1v) is 18.0. The average molecular weight is 778 g/mol. The highest BCUT2D eigenvalue weighted by atomic mass is 16.4. The van der Waals surface area contributed by atoms with E-state index in [0.717, 1.165) is 5.56 Å². The maximum Gasteiger partial charge on any atom is 0.326 e. The van der Waals surface area contributed by atoms with E-state index < -0.39 is 90.3 Å². The molecule has 300 valence electrons. The summed E-state index contributed by atoms with van der Waals surface area (Å²) in [5, 5.41) is 39.6. The number of carboxylic acid groups (broad SMARTS) is 2. The number of carbonyl (C=O) groups excluding carboxylic acids is 5. The molecule has 7 atom stereocenters. The summed E-state index contributed by atoms with van der Waals surface area (Å²) in [6, 6.07) is 3.91. The van der Waals surface area contributed by atoms with Gasteiger partial charge in [-0.25, -0.2) is 9.78 Å². The van der Waals surface area contributed by atoms with Gasteiger partial charge < -0.3 is 52.2 Å². The van der Waals surface area contributed by atoms with Crippen molar-refractivity contribution in [1.29, 1.82) is 0 Å². The van der Waals surface area contributed by atoms with Crippen molar-refractivity contribution in [3.63, 3.8) is 0 Å². The molecule has 4 rings (SSSR count). The van der Waals surface area contributed by atoms with Crippen LogP contribution in [0.25, 0.3) is 0 Å². The Balaban J connectivity index is 1.52. The molecule has 0 radical (unpaired) electrons. The molecular weight excluding hydrogens is 730 g/mol. The number of hydrogen-bond acceptors (Lipinski definition) is 11. The highest BCUT2D eigenvalue weighted by Crippen LogP contribution is 2.20. The molecule has 1 saturated heterocycles. The molecule has 56 heavy (non-hydrogen) atoms. The molecule has 0 bridgehead atoms. The minimum Gasteiger partial charge on any atom is -0.481 e. The lowest BCUT2D eigenvalue weighted by molar-refractivity contribution is -0.147. The number of likely N-dealkylation sites (tertiary alicyclic amines) is 1. The molecule has 0 spiro atoms. The third-order valence-electron chi connectivity index (χ3n) is 9.17. The fourth-order valence-corrected chi connectivity index (χ4v) is 6.25. The number of carbonyl (C=O) groups is 7. The van der Waals surface area contributed by atoms with Crippen LogP contribution in [0.5, 0.6) is 0 Å². The van der Waals surface area contributed by atoms with Gasteiger partial charge in [0.25, 0.3) is 0 Å². The van der Waals surface area contributed by atoms with Crippen LogP contribution in [-0.4, -0.2) is 126 Å². The van der Waals surface area contributed by atoms with Crippen molar-refractivity contribution in [2.45, 2.75) is 94.2 Å². The second-order valence-electron chi connectivity index (χ2n) is 13.5. The number of aromatic amines is 1. The molecule has 19 heteroatoms. The van der Waals surface area contributed by atoms with Crippen molar-refractivity contribution in [2.24, 2.45) is 5.73 Å². The number of carboxylic acids is 2.